The van der Waals surface area contributed by atoms with Crippen LogP contribution in [-0.2, 0) is 16.0 Å². The number of likely N-dealkylation sites (tertiary alicyclic amines) is 1. The molecule has 3 rings (SSSR count). The van der Waals surface area contributed by atoms with Crippen LogP contribution in [0, 0.1) is 0 Å². The van der Waals surface area contributed by atoms with Crippen molar-refractivity contribution < 1.29 is 14.7 Å². The van der Waals surface area contributed by atoms with Crippen molar-refractivity contribution in [3.63, 3.8) is 0 Å². The van der Waals surface area contributed by atoms with Crippen LogP contribution in [0.2, 0.25) is 0 Å². The fraction of sp³-hybridized carbons (Fsp3) is 0.500. The Bertz CT molecular complexity index is 833. The van der Waals surface area contributed by atoms with Crippen molar-refractivity contribution >= 4 is 17.5 Å². The van der Waals surface area contributed by atoms with Gasteiger partial charge in [0.05, 0.1) is 11.3 Å². The Labute approximate surface area is 166 Å². The first-order valence-electron chi connectivity index (χ1n) is 10.0. The van der Waals surface area contributed by atoms with E-state index >= 15 is 0 Å². The Morgan fingerprint density at radius 3 is 2.54 bits per heavy atom. The van der Waals surface area contributed by atoms with E-state index in [4.69, 9.17) is 4.99 Å². The molecule has 1 fully saturated rings. The minimum atomic E-state index is -0.647. The summed E-state index contributed by atoms with van der Waals surface area (Å²) in [7, 11) is 0. The van der Waals surface area contributed by atoms with Crippen LogP contribution >= 0.6 is 0 Å². The number of nitrogens with one attached hydrogen (secondary N) is 1. The van der Waals surface area contributed by atoms with Gasteiger partial charge in [-0.15, -0.1) is 0 Å². The smallest absolute Gasteiger partial charge is 0.287 e. The Balaban J connectivity index is 2.15. The summed E-state index contributed by atoms with van der Waals surface area (Å²) in [4.78, 5) is 32.4. The number of aliphatic hydroxyl groups is 1. The lowest BCUT2D eigenvalue weighted by Gasteiger charge is -2.32. The summed E-state index contributed by atoms with van der Waals surface area (Å²) in [6, 6.07) is 7.76. The van der Waals surface area contributed by atoms with E-state index in [1.165, 1.54) is 0 Å². The highest BCUT2D eigenvalue weighted by molar-refractivity contribution is 6.31. The van der Waals surface area contributed by atoms with Crippen LogP contribution < -0.4 is 5.32 Å². The topological polar surface area (TPSA) is 82.0 Å². The number of aliphatic hydroxyl groups excluding tert-OH is 1. The molecule has 0 unspecified atom stereocenters. The first-order chi connectivity index (χ1) is 13.3. The third kappa shape index (κ3) is 4.11. The number of benzene rings is 1. The third-order valence-corrected chi connectivity index (χ3v) is 5.19. The molecule has 1 saturated heterocycles. The maximum Gasteiger partial charge on any atom is 0.287 e. The standard InChI is InChI=1S/C22H29N3O3/c1-4-23-20(27)19(26)17(21(28)25-12-8-5-9-13-25)18-16-11-7-6-10-15(16)14-22(2,3)24-18/h6-7,10-11,26H,4-5,8-9,12-14H2,1-3H3,(H,23,27). The molecule has 2 N–H and O–H groups in total. The van der Waals surface area contributed by atoms with Crippen molar-refractivity contribution in [2.75, 3.05) is 19.6 Å². The van der Waals surface area contributed by atoms with Crippen LogP contribution in [0.5, 0.6) is 0 Å². The number of hydrogen-bond acceptors (Lipinski definition) is 4. The summed E-state index contributed by atoms with van der Waals surface area (Å²) < 4.78 is 0. The number of carbonyl (C=O) groups is 2. The van der Waals surface area contributed by atoms with E-state index in [1.54, 1.807) is 11.8 Å². The second-order valence-corrected chi connectivity index (χ2v) is 8.04. The average molecular weight is 383 g/mol. The average Bonchev–Trinajstić information content (AvgIpc) is 2.68. The minimum Gasteiger partial charge on any atom is -0.502 e. The van der Waals surface area contributed by atoms with Crippen molar-refractivity contribution in [3.8, 4) is 0 Å². The quantitative estimate of drug-likeness (QED) is 0.620. The molecule has 1 aromatic rings. The van der Waals surface area contributed by atoms with Crippen molar-refractivity contribution in [1.82, 2.24) is 10.2 Å². The molecule has 2 amide bonds. The molecule has 0 aliphatic carbocycles. The number of piperidine rings is 1. The number of carbonyl (C=O) groups excluding carboxylic acids is 2. The summed E-state index contributed by atoms with van der Waals surface area (Å²) in [5.41, 5.74) is 1.85. The first kappa shape index (κ1) is 20.1. The maximum absolute atomic E-state index is 13.4. The molecule has 2 heterocycles. The van der Waals surface area contributed by atoms with Crippen LogP contribution in [0.1, 0.15) is 51.2 Å². The van der Waals surface area contributed by atoms with E-state index < -0.39 is 17.2 Å². The van der Waals surface area contributed by atoms with Gasteiger partial charge >= 0.3 is 0 Å². The highest BCUT2D eigenvalue weighted by atomic mass is 16.3. The van der Waals surface area contributed by atoms with Gasteiger partial charge in [-0.2, -0.15) is 0 Å². The summed E-state index contributed by atoms with van der Waals surface area (Å²) in [5, 5.41) is 13.4. The van der Waals surface area contributed by atoms with Gasteiger partial charge in [0.25, 0.3) is 11.8 Å². The largest absolute Gasteiger partial charge is 0.502 e. The van der Waals surface area contributed by atoms with E-state index in [-0.39, 0.29) is 11.5 Å². The van der Waals surface area contributed by atoms with E-state index in [9.17, 15) is 14.7 Å². The molecule has 0 saturated carbocycles. The molecule has 0 bridgehead atoms. The molecule has 150 valence electrons. The minimum absolute atomic E-state index is 0.00748. The van der Waals surface area contributed by atoms with E-state index in [1.807, 2.05) is 38.1 Å². The molecule has 2 aliphatic heterocycles. The van der Waals surface area contributed by atoms with Gasteiger partial charge in [0, 0.05) is 25.2 Å². The van der Waals surface area contributed by atoms with Crippen LogP contribution in [-0.4, -0.2) is 52.7 Å². The third-order valence-electron chi connectivity index (χ3n) is 5.19. The highest BCUT2D eigenvalue weighted by Gasteiger charge is 2.35. The zero-order chi connectivity index (χ0) is 20.3. The van der Waals surface area contributed by atoms with Crippen LogP contribution in [0.25, 0.3) is 0 Å². The second kappa shape index (κ2) is 8.17. The molecular formula is C22H29N3O3. The van der Waals surface area contributed by atoms with Gasteiger partial charge in [0.1, 0.15) is 5.57 Å². The number of hydrogen-bond donors (Lipinski definition) is 2. The van der Waals surface area contributed by atoms with Crippen LogP contribution in [0.3, 0.4) is 0 Å². The summed E-state index contributed by atoms with van der Waals surface area (Å²) in [5.74, 6) is -1.52. The number of rotatable bonds is 4. The molecule has 28 heavy (non-hydrogen) atoms. The van der Waals surface area contributed by atoms with Crippen molar-refractivity contribution in [2.45, 2.75) is 52.0 Å². The van der Waals surface area contributed by atoms with Crippen molar-refractivity contribution in [2.24, 2.45) is 4.99 Å². The van der Waals surface area contributed by atoms with Gasteiger partial charge in [-0.3, -0.25) is 14.6 Å². The first-order valence-corrected chi connectivity index (χ1v) is 10.0. The predicted molar refractivity (Wildman–Crippen MR) is 110 cm³/mol. The SMILES string of the molecule is CCNC(=O)C(O)=C(C(=O)N1CCCCC1)C1=NC(C)(C)Cc2ccccc21. The fourth-order valence-corrected chi connectivity index (χ4v) is 3.89. The summed E-state index contributed by atoms with van der Waals surface area (Å²) >= 11 is 0. The number of likely N-dealkylation sites (N-methyl/N-ethyl adjacent to an activating group) is 1. The van der Waals surface area contributed by atoms with Crippen molar-refractivity contribution in [3.05, 3.63) is 46.7 Å². The van der Waals surface area contributed by atoms with Gasteiger partial charge in [-0.05, 0) is 52.0 Å². The monoisotopic (exact) mass is 383 g/mol. The lowest BCUT2D eigenvalue weighted by molar-refractivity contribution is -0.128. The number of aliphatic imine (C=N–C) groups is 1. The number of fused-ring (bicyclic) bond motifs is 1. The molecule has 0 atom stereocenters. The maximum atomic E-state index is 13.4. The molecule has 0 radical (unpaired) electrons. The molecule has 6 heteroatoms. The van der Waals surface area contributed by atoms with E-state index in [2.05, 4.69) is 5.32 Å². The Morgan fingerprint density at radius 2 is 1.86 bits per heavy atom. The number of nitrogens with zero attached hydrogens (tertiary/aromatic N) is 2. The molecular weight excluding hydrogens is 354 g/mol. The van der Waals surface area contributed by atoms with Gasteiger partial charge in [0.2, 0.25) is 0 Å². The highest BCUT2D eigenvalue weighted by Crippen LogP contribution is 2.31. The Morgan fingerprint density at radius 1 is 1.18 bits per heavy atom. The summed E-state index contributed by atoms with van der Waals surface area (Å²) in [6.45, 7) is 7.38. The van der Waals surface area contributed by atoms with Gasteiger partial charge < -0.3 is 15.3 Å². The van der Waals surface area contributed by atoms with Gasteiger partial charge in [0.15, 0.2) is 5.76 Å². The zero-order valence-corrected chi connectivity index (χ0v) is 16.9. The molecule has 2 aliphatic rings. The van der Waals surface area contributed by atoms with E-state index in [0.29, 0.717) is 25.3 Å². The zero-order valence-electron chi connectivity index (χ0n) is 16.9. The molecule has 1 aromatic carbocycles. The molecule has 0 aromatic heterocycles. The van der Waals surface area contributed by atoms with Gasteiger partial charge in [-0.25, -0.2) is 0 Å². The predicted octanol–water partition coefficient (Wildman–Crippen LogP) is 2.77. The summed E-state index contributed by atoms with van der Waals surface area (Å²) in [6.07, 6.45) is 3.67. The Hall–Kier alpha value is -2.63. The van der Waals surface area contributed by atoms with Crippen LogP contribution in [0.15, 0.2) is 40.6 Å². The van der Waals surface area contributed by atoms with E-state index in [0.717, 1.165) is 36.8 Å². The lowest BCUT2D eigenvalue weighted by Crippen LogP contribution is -2.42. The fourth-order valence-electron chi connectivity index (χ4n) is 3.89. The Kier molecular flexibility index (Phi) is 5.87. The second-order valence-electron chi connectivity index (χ2n) is 8.04. The van der Waals surface area contributed by atoms with Gasteiger partial charge in [-0.1, -0.05) is 24.3 Å². The van der Waals surface area contributed by atoms with Crippen molar-refractivity contribution in [1.29, 1.82) is 0 Å². The molecule has 6 nitrogen and oxygen atoms in total. The number of amides is 2. The molecule has 0 spiro atoms. The normalized spacial score (nSPS) is 19.2. The van der Waals surface area contributed by atoms with Crippen LogP contribution in [0.4, 0.5) is 0 Å². The lowest BCUT2D eigenvalue weighted by atomic mass is 9.84.